The standard InChI is InChI=1S/C16H33NO2/c1-5-6-7-8-9-10-12-17(13-11-14-18)15(19)16(2,3)4/h18H,5-14H2,1-4H3. The van der Waals surface area contributed by atoms with Gasteiger partial charge in [-0.1, -0.05) is 59.8 Å². The third-order valence-electron chi connectivity index (χ3n) is 3.30. The van der Waals surface area contributed by atoms with E-state index in [9.17, 15) is 4.79 Å². The summed E-state index contributed by atoms with van der Waals surface area (Å²) >= 11 is 0. The van der Waals surface area contributed by atoms with Gasteiger partial charge in [-0.3, -0.25) is 4.79 Å². The second kappa shape index (κ2) is 10.2. The largest absolute Gasteiger partial charge is 0.396 e. The maximum absolute atomic E-state index is 12.3. The summed E-state index contributed by atoms with van der Waals surface area (Å²) in [6.45, 7) is 9.78. The molecule has 19 heavy (non-hydrogen) atoms. The Kier molecular flexibility index (Phi) is 9.94. The molecule has 3 nitrogen and oxygen atoms in total. The van der Waals surface area contributed by atoms with E-state index in [4.69, 9.17) is 5.11 Å². The summed E-state index contributed by atoms with van der Waals surface area (Å²) in [5.74, 6) is 0.203. The minimum absolute atomic E-state index is 0.157. The number of nitrogens with zero attached hydrogens (tertiary/aromatic N) is 1. The Labute approximate surface area is 119 Å². The summed E-state index contributed by atoms with van der Waals surface area (Å²) in [5, 5.41) is 8.93. The lowest BCUT2D eigenvalue weighted by Gasteiger charge is -2.29. The molecule has 1 N–H and O–H groups in total. The Hall–Kier alpha value is -0.570. The van der Waals surface area contributed by atoms with Gasteiger partial charge < -0.3 is 10.0 Å². The first-order valence-corrected chi connectivity index (χ1v) is 7.83. The molecule has 114 valence electrons. The van der Waals surface area contributed by atoms with Crippen molar-refractivity contribution in [2.24, 2.45) is 5.41 Å². The molecule has 0 atom stereocenters. The van der Waals surface area contributed by atoms with Crippen molar-refractivity contribution < 1.29 is 9.90 Å². The number of rotatable bonds is 10. The number of hydrogen-bond acceptors (Lipinski definition) is 2. The molecule has 0 aromatic carbocycles. The number of amides is 1. The topological polar surface area (TPSA) is 40.5 Å². The van der Waals surface area contributed by atoms with Gasteiger partial charge in [0.1, 0.15) is 0 Å². The van der Waals surface area contributed by atoms with Gasteiger partial charge >= 0.3 is 0 Å². The molecule has 0 aliphatic rings. The Morgan fingerprint density at radius 3 is 2.00 bits per heavy atom. The summed E-state index contributed by atoms with van der Waals surface area (Å²) in [7, 11) is 0. The number of carbonyl (C=O) groups excluding carboxylic acids is 1. The van der Waals surface area contributed by atoms with Gasteiger partial charge in [0.15, 0.2) is 0 Å². The van der Waals surface area contributed by atoms with Gasteiger partial charge in [0, 0.05) is 25.1 Å². The smallest absolute Gasteiger partial charge is 0.227 e. The molecule has 0 bridgehead atoms. The van der Waals surface area contributed by atoms with Gasteiger partial charge in [-0.15, -0.1) is 0 Å². The molecule has 0 rings (SSSR count). The molecule has 0 aliphatic carbocycles. The van der Waals surface area contributed by atoms with Crippen LogP contribution in [0.15, 0.2) is 0 Å². The highest BCUT2D eigenvalue weighted by atomic mass is 16.3. The lowest BCUT2D eigenvalue weighted by Crippen LogP contribution is -2.40. The normalized spacial score (nSPS) is 11.6. The fraction of sp³-hybridized carbons (Fsp3) is 0.938. The van der Waals surface area contributed by atoms with Crippen LogP contribution in [0.5, 0.6) is 0 Å². The summed E-state index contributed by atoms with van der Waals surface area (Å²) < 4.78 is 0. The van der Waals surface area contributed by atoms with E-state index >= 15 is 0 Å². The van der Waals surface area contributed by atoms with E-state index in [-0.39, 0.29) is 17.9 Å². The zero-order valence-corrected chi connectivity index (χ0v) is 13.4. The van der Waals surface area contributed by atoms with Crippen molar-refractivity contribution in [2.75, 3.05) is 19.7 Å². The van der Waals surface area contributed by atoms with Crippen LogP contribution in [0.25, 0.3) is 0 Å². The lowest BCUT2D eigenvalue weighted by atomic mass is 9.94. The van der Waals surface area contributed by atoms with Gasteiger partial charge in [-0.05, 0) is 12.8 Å². The predicted octanol–water partition coefficient (Wildman–Crippen LogP) is 3.60. The van der Waals surface area contributed by atoms with Crippen molar-refractivity contribution in [3.8, 4) is 0 Å². The van der Waals surface area contributed by atoms with E-state index in [0.717, 1.165) is 13.0 Å². The first-order chi connectivity index (χ1) is 8.93. The van der Waals surface area contributed by atoms with Gasteiger partial charge in [-0.25, -0.2) is 0 Å². The molecule has 0 heterocycles. The van der Waals surface area contributed by atoms with Crippen LogP contribution in [-0.4, -0.2) is 35.6 Å². The number of aliphatic hydroxyl groups excluding tert-OH is 1. The Morgan fingerprint density at radius 1 is 0.947 bits per heavy atom. The molecule has 0 aliphatic heterocycles. The van der Waals surface area contributed by atoms with Crippen LogP contribution in [0, 0.1) is 5.41 Å². The molecule has 0 unspecified atom stereocenters. The van der Waals surface area contributed by atoms with Gasteiger partial charge in [0.05, 0.1) is 0 Å². The first kappa shape index (κ1) is 18.4. The van der Waals surface area contributed by atoms with Crippen molar-refractivity contribution in [1.82, 2.24) is 4.90 Å². The van der Waals surface area contributed by atoms with Crippen molar-refractivity contribution in [1.29, 1.82) is 0 Å². The van der Waals surface area contributed by atoms with Crippen LogP contribution in [0.4, 0.5) is 0 Å². The summed E-state index contributed by atoms with van der Waals surface area (Å²) in [5.41, 5.74) is -0.322. The SMILES string of the molecule is CCCCCCCCN(CCCO)C(=O)C(C)(C)C. The Morgan fingerprint density at radius 2 is 1.47 bits per heavy atom. The lowest BCUT2D eigenvalue weighted by molar-refractivity contribution is -0.139. The van der Waals surface area contributed by atoms with E-state index in [2.05, 4.69) is 6.92 Å². The van der Waals surface area contributed by atoms with E-state index in [0.29, 0.717) is 13.0 Å². The summed E-state index contributed by atoms with van der Waals surface area (Å²) in [6, 6.07) is 0. The maximum atomic E-state index is 12.3. The molecule has 0 saturated heterocycles. The van der Waals surface area contributed by atoms with E-state index in [1.165, 1.54) is 32.1 Å². The van der Waals surface area contributed by atoms with Gasteiger partial charge in [-0.2, -0.15) is 0 Å². The van der Waals surface area contributed by atoms with Crippen molar-refractivity contribution in [3.63, 3.8) is 0 Å². The van der Waals surface area contributed by atoms with Crippen LogP contribution in [0.1, 0.15) is 72.6 Å². The molecule has 3 heteroatoms. The fourth-order valence-electron chi connectivity index (χ4n) is 2.13. The molecule has 0 radical (unpaired) electrons. The fourth-order valence-corrected chi connectivity index (χ4v) is 2.13. The molecule has 0 saturated carbocycles. The van der Waals surface area contributed by atoms with E-state index < -0.39 is 0 Å². The number of hydrogen-bond donors (Lipinski definition) is 1. The average Bonchev–Trinajstić information content (AvgIpc) is 2.35. The predicted molar refractivity (Wildman–Crippen MR) is 81.1 cm³/mol. The minimum Gasteiger partial charge on any atom is -0.396 e. The third kappa shape index (κ3) is 9.04. The summed E-state index contributed by atoms with van der Waals surface area (Å²) in [6.07, 6.45) is 8.12. The Balaban J connectivity index is 4.03. The zero-order valence-electron chi connectivity index (χ0n) is 13.4. The minimum atomic E-state index is -0.322. The Bertz CT molecular complexity index is 233. The van der Waals surface area contributed by atoms with Crippen LogP contribution in [-0.2, 0) is 4.79 Å². The van der Waals surface area contributed by atoms with Crippen molar-refractivity contribution >= 4 is 5.91 Å². The van der Waals surface area contributed by atoms with Gasteiger partial charge in [0.2, 0.25) is 5.91 Å². The highest BCUT2D eigenvalue weighted by Gasteiger charge is 2.26. The van der Waals surface area contributed by atoms with Crippen LogP contribution < -0.4 is 0 Å². The second-order valence-corrected chi connectivity index (χ2v) is 6.39. The maximum Gasteiger partial charge on any atom is 0.227 e. The molecule has 0 fully saturated rings. The van der Waals surface area contributed by atoms with E-state index in [1.807, 2.05) is 25.7 Å². The molecule has 0 aromatic rings. The first-order valence-electron chi connectivity index (χ1n) is 7.83. The van der Waals surface area contributed by atoms with Crippen molar-refractivity contribution in [3.05, 3.63) is 0 Å². The highest BCUT2D eigenvalue weighted by molar-refractivity contribution is 5.81. The number of unbranched alkanes of at least 4 members (excludes halogenated alkanes) is 5. The highest BCUT2D eigenvalue weighted by Crippen LogP contribution is 2.18. The monoisotopic (exact) mass is 271 g/mol. The number of aliphatic hydroxyl groups is 1. The average molecular weight is 271 g/mol. The quantitative estimate of drug-likeness (QED) is 0.617. The number of carbonyl (C=O) groups is 1. The molecule has 0 aromatic heterocycles. The second-order valence-electron chi connectivity index (χ2n) is 6.39. The summed E-state index contributed by atoms with van der Waals surface area (Å²) in [4.78, 5) is 14.2. The van der Waals surface area contributed by atoms with Crippen LogP contribution in [0.3, 0.4) is 0 Å². The molecule has 1 amide bonds. The third-order valence-corrected chi connectivity index (χ3v) is 3.30. The van der Waals surface area contributed by atoms with Crippen molar-refractivity contribution in [2.45, 2.75) is 72.6 Å². The molecular formula is C16H33NO2. The molecular weight excluding hydrogens is 238 g/mol. The van der Waals surface area contributed by atoms with Gasteiger partial charge in [0.25, 0.3) is 0 Å². The van der Waals surface area contributed by atoms with E-state index in [1.54, 1.807) is 0 Å². The van der Waals surface area contributed by atoms with Crippen LogP contribution in [0.2, 0.25) is 0 Å². The molecule has 0 spiro atoms. The van der Waals surface area contributed by atoms with Crippen LogP contribution >= 0.6 is 0 Å². The zero-order chi connectivity index (χ0) is 14.7.